The van der Waals surface area contributed by atoms with Crippen molar-refractivity contribution in [3.05, 3.63) is 80.3 Å². The zero-order chi connectivity index (χ0) is 28.8. The van der Waals surface area contributed by atoms with Crippen molar-refractivity contribution in [2.45, 2.75) is 44.8 Å². The van der Waals surface area contributed by atoms with Crippen LogP contribution in [-0.2, 0) is 19.9 Å². The Morgan fingerprint density at radius 3 is 2.35 bits per heavy atom. The molecule has 212 valence electrons. The van der Waals surface area contributed by atoms with E-state index in [4.69, 9.17) is 32.9 Å². The third-order valence-corrected chi connectivity index (χ3v) is 9.31. The molecule has 0 unspecified atom stereocenters. The molecule has 0 radical (unpaired) electrons. The molecule has 1 saturated heterocycles. The van der Waals surface area contributed by atoms with Crippen LogP contribution in [0.5, 0.6) is 0 Å². The van der Waals surface area contributed by atoms with Crippen LogP contribution in [0.25, 0.3) is 0 Å². The highest BCUT2D eigenvalue weighted by Gasteiger charge is 2.53. The van der Waals surface area contributed by atoms with Crippen molar-refractivity contribution in [2.24, 2.45) is 16.8 Å². The Hall–Kier alpha value is -2.36. The molecule has 1 N–H and O–H groups in total. The van der Waals surface area contributed by atoms with E-state index in [1.807, 2.05) is 81.4 Å². The maximum Gasteiger partial charge on any atom is 0.354 e. The molecule has 10 heteroatoms. The van der Waals surface area contributed by atoms with Crippen LogP contribution >= 0.6 is 35.0 Å². The fourth-order valence-electron chi connectivity index (χ4n) is 5.96. The van der Waals surface area contributed by atoms with Gasteiger partial charge in [0.1, 0.15) is 16.5 Å². The number of ether oxygens (including phenoxy) is 1. The summed E-state index contributed by atoms with van der Waals surface area (Å²) in [6.45, 7) is 7.63. The number of esters is 2. The average Bonchev–Trinajstić information content (AvgIpc) is 3.57. The number of aliphatic imine (C=N–C) groups is 1. The number of hydrogen-bond acceptors (Lipinski definition) is 8. The molecule has 7 nitrogen and oxygen atoms in total. The maximum absolute atomic E-state index is 13.6. The molecular formula is C30H34Cl2N4O3S. The van der Waals surface area contributed by atoms with Gasteiger partial charge in [-0.05, 0) is 93.0 Å². The second-order valence-electron chi connectivity index (χ2n) is 11.3. The van der Waals surface area contributed by atoms with E-state index in [2.05, 4.69) is 17.1 Å². The number of hydrogen-bond donors (Lipinski definition) is 1. The minimum atomic E-state index is -0.667. The Morgan fingerprint density at radius 2 is 1.75 bits per heavy atom. The van der Waals surface area contributed by atoms with Crippen molar-refractivity contribution in [1.82, 2.24) is 15.1 Å². The zero-order valence-electron chi connectivity index (χ0n) is 23.3. The summed E-state index contributed by atoms with van der Waals surface area (Å²) in [7, 11) is 3.95. The number of amidine groups is 1. The fraction of sp³-hybridized carbons (Fsp3) is 0.433. The first-order valence-electron chi connectivity index (χ1n) is 13.5. The van der Waals surface area contributed by atoms with E-state index < -0.39 is 23.5 Å². The molecule has 3 aliphatic heterocycles. The SMILES string of the molecule is CC(C)C1=C(C(=O)OC(=O)[C@H]2NCC[C@H]2CN(C)C)SC2=N[C@@](C)(c3ccc(Cl)cc3)[C@@H](c3ccc(Cl)cc3)N21. The highest BCUT2D eigenvalue weighted by Crippen LogP contribution is 2.56. The number of allylic oxidation sites excluding steroid dienone is 1. The van der Waals surface area contributed by atoms with Crippen molar-refractivity contribution in [3.8, 4) is 0 Å². The van der Waals surface area contributed by atoms with Gasteiger partial charge in [-0.2, -0.15) is 0 Å². The van der Waals surface area contributed by atoms with Crippen LogP contribution in [0.3, 0.4) is 0 Å². The summed E-state index contributed by atoms with van der Waals surface area (Å²) < 4.78 is 5.53. The second-order valence-corrected chi connectivity index (χ2v) is 13.1. The molecule has 4 atom stereocenters. The predicted octanol–water partition coefficient (Wildman–Crippen LogP) is 5.85. The van der Waals surface area contributed by atoms with Crippen LogP contribution in [0.15, 0.2) is 64.1 Å². The van der Waals surface area contributed by atoms with E-state index in [1.54, 1.807) is 0 Å². The van der Waals surface area contributed by atoms with Crippen LogP contribution in [0.1, 0.15) is 44.4 Å². The lowest BCUT2D eigenvalue weighted by molar-refractivity contribution is -0.158. The maximum atomic E-state index is 13.6. The molecule has 2 aromatic carbocycles. The molecule has 1 fully saturated rings. The minimum absolute atomic E-state index is 0.0358. The smallest absolute Gasteiger partial charge is 0.354 e. The summed E-state index contributed by atoms with van der Waals surface area (Å²) >= 11 is 13.7. The van der Waals surface area contributed by atoms with Gasteiger partial charge in [-0.25, -0.2) is 14.6 Å². The molecule has 3 heterocycles. The molecule has 0 amide bonds. The molecule has 0 aliphatic carbocycles. The van der Waals surface area contributed by atoms with Crippen LogP contribution in [0, 0.1) is 11.8 Å². The van der Waals surface area contributed by atoms with Crippen LogP contribution in [-0.4, -0.2) is 60.1 Å². The molecule has 0 spiro atoms. The predicted molar refractivity (Wildman–Crippen MR) is 161 cm³/mol. The number of nitrogens with zero attached hydrogens (tertiary/aromatic N) is 3. The molecule has 0 saturated carbocycles. The summed E-state index contributed by atoms with van der Waals surface area (Å²) in [5.74, 6) is -1.10. The van der Waals surface area contributed by atoms with Gasteiger partial charge in [-0.15, -0.1) is 0 Å². The Balaban J connectivity index is 1.50. The molecule has 5 rings (SSSR count). The number of carbonyl (C=O) groups is 2. The largest absolute Gasteiger partial charge is 0.388 e. The van der Waals surface area contributed by atoms with Gasteiger partial charge in [0.05, 0.1) is 6.04 Å². The van der Waals surface area contributed by atoms with E-state index in [-0.39, 0.29) is 17.9 Å². The fourth-order valence-corrected chi connectivity index (χ4v) is 7.49. The zero-order valence-corrected chi connectivity index (χ0v) is 25.6. The molecule has 2 aromatic rings. The molecule has 0 bridgehead atoms. The number of halogens is 2. The van der Waals surface area contributed by atoms with E-state index in [9.17, 15) is 9.59 Å². The minimum Gasteiger partial charge on any atom is -0.388 e. The lowest BCUT2D eigenvalue weighted by Crippen LogP contribution is -2.41. The Bertz CT molecular complexity index is 1360. The first kappa shape index (κ1) is 29.1. The number of benzene rings is 2. The van der Waals surface area contributed by atoms with Crippen molar-refractivity contribution < 1.29 is 14.3 Å². The number of carbonyl (C=O) groups excluding carboxylic acids is 2. The second kappa shape index (κ2) is 11.5. The van der Waals surface area contributed by atoms with Crippen molar-refractivity contribution in [3.63, 3.8) is 0 Å². The molecule has 3 aliphatic rings. The van der Waals surface area contributed by atoms with E-state index >= 15 is 0 Å². The first-order valence-corrected chi connectivity index (χ1v) is 15.0. The summed E-state index contributed by atoms with van der Waals surface area (Å²) in [6, 6.07) is 14.7. The topological polar surface area (TPSA) is 74.2 Å². The standard InChI is InChI=1S/C30H34Cl2N4O3S/c1-17(2)24-25(28(38)39-27(37)23-19(14-15-33-23)16-35(4)5)40-29-34-30(3,20-8-12-22(32)13-9-20)26(36(24)29)18-6-10-21(31)11-7-18/h6-13,17,19,23,26,33H,14-16H2,1-5H3/t19-,23-,26+,30-/m0/s1. The molecule has 0 aromatic heterocycles. The molecule has 40 heavy (non-hydrogen) atoms. The van der Waals surface area contributed by atoms with Crippen LogP contribution < -0.4 is 5.32 Å². The van der Waals surface area contributed by atoms with Gasteiger partial charge in [-0.3, -0.25) is 0 Å². The number of fused-ring (bicyclic) bond motifs is 1. The first-order chi connectivity index (χ1) is 19.0. The Labute approximate surface area is 249 Å². The van der Waals surface area contributed by atoms with Crippen LogP contribution in [0.2, 0.25) is 10.0 Å². The van der Waals surface area contributed by atoms with Gasteiger partial charge in [-0.1, -0.05) is 61.3 Å². The number of thioether (sulfide) groups is 1. The summed E-state index contributed by atoms with van der Waals surface area (Å²) in [5.41, 5.74) is 2.13. The van der Waals surface area contributed by atoms with E-state index in [0.29, 0.717) is 20.1 Å². The van der Waals surface area contributed by atoms with Crippen LogP contribution in [0.4, 0.5) is 0 Å². The van der Waals surface area contributed by atoms with Crippen molar-refractivity contribution in [1.29, 1.82) is 0 Å². The lowest BCUT2D eigenvalue weighted by atomic mass is 9.81. The lowest BCUT2D eigenvalue weighted by Gasteiger charge is -2.37. The quantitative estimate of drug-likeness (QED) is 0.316. The molecular weight excluding hydrogens is 567 g/mol. The van der Waals surface area contributed by atoms with Gasteiger partial charge in [0.2, 0.25) is 0 Å². The monoisotopic (exact) mass is 600 g/mol. The average molecular weight is 602 g/mol. The van der Waals surface area contributed by atoms with Crippen molar-refractivity contribution in [2.75, 3.05) is 27.2 Å². The third-order valence-electron chi connectivity index (χ3n) is 7.75. The normalized spacial score (nSPS) is 26.1. The van der Waals surface area contributed by atoms with Crippen molar-refractivity contribution >= 4 is 52.1 Å². The summed E-state index contributed by atoms with van der Waals surface area (Å²) in [4.78, 5) is 36.5. The third kappa shape index (κ3) is 5.44. The Morgan fingerprint density at radius 1 is 1.12 bits per heavy atom. The van der Waals surface area contributed by atoms with E-state index in [1.165, 1.54) is 11.8 Å². The van der Waals surface area contributed by atoms with Gasteiger partial charge in [0.15, 0.2) is 5.17 Å². The summed E-state index contributed by atoms with van der Waals surface area (Å²) in [6.07, 6.45) is 0.859. The van der Waals surface area contributed by atoms with Gasteiger partial charge >= 0.3 is 11.9 Å². The number of rotatable bonds is 7. The summed E-state index contributed by atoms with van der Waals surface area (Å²) in [5, 5.41) is 5.21. The van der Waals surface area contributed by atoms with Gasteiger partial charge in [0, 0.05) is 22.3 Å². The Kier molecular flexibility index (Phi) is 8.37. The van der Waals surface area contributed by atoms with E-state index in [0.717, 1.165) is 36.3 Å². The van der Waals surface area contributed by atoms with Gasteiger partial charge < -0.3 is 19.9 Å². The number of nitrogens with one attached hydrogen (secondary N) is 1. The highest BCUT2D eigenvalue weighted by molar-refractivity contribution is 8.18. The van der Waals surface area contributed by atoms with Gasteiger partial charge in [0.25, 0.3) is 0 Å². The highest BCUT2D eigenvalue weighted by atomic mass is 35.5.